The van der Waals surface area contributed by atoms with Gasteiger partial charge in [-0.15, -0.1) is 0 Å². The molecule has 0 spiro atoms. The first-order valence-corrected chi connectivity index (χ1v) is 7.12. The van der Waals surface area contributed by atoms with Crippen LogP contribution in [-0.4, -0.2) is 34.7 Å². The van der Waals surface area contributed by atoms with E-state index in [0.717, 1.165) is 24.1 Å². The fourth-order valence-corrected chi connectivity index (χ4v) is 2.21. The molecule has 1 aromatic carbocycles. The molecule has 0 atom stereocenters. The number of rotatable bonds is 7. The van der Waals surface area contributed by atoms with E-state index < -0.39 is 10.9 Å². The topological polar surface area (TPSA) is 110 Å². The summed E-state index contributed by atoms with van der Waals surface area (Å²) in [5.74, 6) is -0.609. The Hall–Kier alpha value is -2.90. The minimum Gasteiger partial charge on any atom is -0.465 e. The van der Waals surface area contributed by atoms with Crippen LogP contribution in [0.2, 0.25) is 0 Å². The number of anilines is 1. The zero-order chi connectivity index (χ0) is 16.8. The third-order valence-electron chi connectivity index (χ3n) is 3.49. The molecule has 0 amide bonds. The molecule has 2 N–H and O–H groups in total. The van der Waals surface area contributed by atoms with Crippen LogP contribution in [0.5, 0.6) is 0 Å². The largest absolute Gasteiger partial charge is 0.465 e. The van der Waals surface area contributed by atoms with Crippen molar-refractivity contribution >= 4 is 17.3 Å². The van der Waals surface area contributed by atoms with E-state index in [1.807, 2.05) is 6.92 Å². The summed E-state index contributed by atoms with van der Waals surface area (Å²) in [7, 11) is 1.24. The van der Waals surface area contributed by atoms with Gasteiger partial charge >= 0.3 is 5.97 Å². The van der Waals surface area contributed by atoms with E-state index in [0.29, 0.717) is 12.2 Å². The van der Waals surface area contributed by atoms with Crippen molar-refractivity contribution in [3.8, 4) is 0 Å². The van der Waals surface area contributed by atoms with Crippen LogP contribution < -0.4 is 5.32 Å². The van der Waals surface area contributed by atoms with Crippen molar-refractivity contribution in [1.82, 2.24) is 10.2 Å². The Morgan fingerprint density at radius 3 is 2.87 bits per heavy atom. The highest BCUT2D eigenvalue weighted by Gasteiger charge is 2.17. The predicted octanol–water partition coefficient (Wildman–Crippen LogP) is 2.46. The monoisotopic (exact) mass is 318 g/mol. The van der Waals surface area contributed by atoms with Crippen molar-refractivity contribution < 1.29 is 14.5 Å². The van der Waals surface area contributed by atoms with Crippen LogP contribution in [0.25, 0.3) is 0 Å². The van der Waals surface area contributed by atoms with Gasteiger partial charge in [-0.3, -0.25) is 15.2 Å². The molecule has 0 bridgehead atoms. The van der Waals surface area contributed by atoms with Crippen molar-refractivity contribution in [1.29, 1.82) is 0 Å². The second-order valence-electron chi connectivity index (χ2n) is 5.03. The zero-order valence-electron chi connectivity index (χ0n) is 13.0. The Labute approximate surface area is 133 Å². The van der Waals surface area contributed by atoms with Crippen molar-refractivity contribution in [3.05, 3.63) is 51.3 Å². The molecule has 1 heterocycles. The lowest BCUT2D eigenvalue weighted by Crippen LogP contribution is -2.10. The average Bonchev–Trinajstić information content (AvgIpc) is 2.95. The maximum atomic E-state index is 11.8. The SMILES string of the molecule is COC(=O)c1cc([N+](=O)[O-])ccc1NCCCc1cn[nH]c1C. The van der Waals surface area contributed by atoms with Gasteiger partial charge in [-0.25, -0.2) is 4.79 Å². The molecule has 2 rings (SSSR count). The molecule has 0 aliphatic heterocycles. The van der Waals surface area contributed by atoms with E-state index in [1.165, 1.54) is 25.3 Å². The van der Waals surface area contributed by atoms with Crippen LogP contribution in [0, 0.1) is 17.0 Å². The second-order valence-corrected chi connectivity index (χ2v) is 5.03. The second kappa shape index (κ2) is 7.39. The van der Waals surface area contributed by atoms with Crippen LogP contribution >= 0.6 is 0 Å². The predicted molar refractivity (Wildman–Crippen MR) is 84.6 cm³/mol. The Kier molecular flexibility index (Phi) is 5.29. The van der Waals surface area contributed by atoms with Gasteiger partial charge < -0.3 is 10.1 Å². The number of hydrogen-bond donors (Lipinski definition) is 2. The number of aryl methyl sites for hydroxylation is 2. The number of aromatic amines is 1. The molecule has 1 aromatic heterocycles. The number of nitrogens with one attached hydrogen (secondary N) is 2. The number of aromatic nitrogens is 2. The summed E-state index contributed by atoms with van der Waals surface area (Å²) in [6.07, 6.45) is 3.47. The Bertz CT molecular complexity index is 711. The summed E-state index contributed by atoms with van der Waals surface area (Å²) in [6, 6.07) is 4.09. The Morgan fingerprint density at radius 1 is 1.48 bits per heavy atom. The first-order chi connectivity index (χ1) is 11.0. The summed E-state index contributed by atoms with van der Waals surface area (Å²) in [5.41, 5.74) is 2.71. The number of carbonyl (C=O) groups is 1. The summed E-state index contributed by atoms with van der Waals surface area (Å²) in [5, 5.41) is 20.8. The lowest BCUT2D eigenvalue weighted by atomic mass is 10.1. The first kappa shape index (κ1) is 16.5. The standard InChI is InChI=1S/C15H18N4O4/c1-10-11(9-17-18-10)4-3-7-16-14-6-5-12(19(21)22)8-13(14)15(20)23-2/h5-6,8-9,16H,3-4,7H2,1-2H3,(H,17,18). The maximum absolute atomic E-state index is 11.8. The van der Waals surface area contributed by atoms with Crippen LogP contribution in [0.3, 0.4) is 0 Å². The highest BCUT2D eigenvalue weighted by atomic mass is 16.6. The smallest absolute Gasteiger partial charge is 0.340 e. The van der Waals surface area contributed by atoms with Crippen molar-refractivity contribution in [3.63, 3.8) is 0 Å². The van der Waals surface area contributed by atoms with Crippen molar-refractivity contribution in [2.75, 3.05) is 19.0 Å². The number of hydrogen-bond acceptors (Lipinski definition) is 6. The summed E-state index contributed by atoms with van der Waals surface area (Å²) >= 11 is 0. The molecule has 0 unspecified atom stereocenters. The number of non-ortho nitro benzene ring substituents is 1. The van der Waals surface area contributed by atoms with Gasteiger partial charge in [0.2, 0.25) is 0 Å². The molecule has 0 radical (unpaired) electrons. The summed E-state index contributed by atoms with van der Waals surface area (Å²) in [6.45, 7) is 2.58. The third kappa shape index (κ3) is 4.06. The lowest BCUT2D eigenvalue weighted by molar-refractivity contribution is -0.384. The minimum absolute atomic E-state index is 0.148. The van der Waals surface area contributed by atoms with Crippen LogP contribution in [0.4, 0.5) is 11.4 Å². The molecule has 23 heavy (non-hydrogen) atoms. The van der Waals surface area contributed by atoms with Crippen molar-refractivity contribution in [2.45, 2.75) is 19.8 Å². The van der Waals surface area contributed by atoms with E-state index in [1.54, 1.807) is 6.20 Å². The number of methoxy groups -OCH3 is 1. The third-order valence-corrected chi connectivity index (χ3v) is 3.49. The Morgan fingerprint density at radius 2 is 2.26 bits per heavy atom. The zero-order valence-corrected chi connectivity index (χ0v) is 13.0. The minimum atomic E-state index is -0.609. The number of nitro benzene ring substituents is 1. The first-order valence-electron chi connectivity index (χ1n) is 7.12. The van der Waals surface area contributed by atoms with Gasteiger partial charge in [-0.1, -0.05) is 0 Å². The normalized spacial score (nSPS) is 10.3. The maximum Gasteiger partial charge on any atom is 0.340 e. The number of H-pyrrole nitrogens is 1. The molecule has 0 saturated carbocycles. The molecule has 8 nitrogen and oxygen atoms in total. The number of nitrogens with zero attached hydrogens (tertiary/aromatic N) is 2. The highest BCUT2D eigenvalue weighted by molar-refractivity contribution is 5.96. The molecular weight excluding hydrogens is 300 g/mol. The van der Waals surface area contributed by atoms with Gasteiger partial charge in [0.05, 0.1) is 23.8 Å². The van der Waals surface area contributed by atoms with Gasteiger partial charge in [-0.05, 0) is 31.4 Å². The molecular formula is C15H18N4O4. The number of esters is 1. The van der Waals surface area contributed by atoms with Gasteiger partial charge in [0.1, 0.15) is 0 Å². The van der Waals surface area contributed by atoms with Crippen LogP contribution in [-0.2, 0) is 11.2 Å². The number of ether oxygens (including phenoxy) is 1. The van der Waals surface area contributed by atoms with E-state index >= 15 is 0 Å². The molecule has 122 valence electrons. The van der Waals surface area contributed by atoms with E-state index in [-0.39, 0.29) is 11.3 Å². The van der Waals surface area contributed by atoms with Gasteiger partial charge in [0, 0.05) is 30.1 Å². The van der Waals surface area contributed by atoms with Gasteiger partial charge in [0.15, 0.2) is 0 Å². The number of nitro groups is 1. The van der Waals surface area contributed by atoms with E-state index in [9.17, 15) is 14.9 Å². The number of benzene rings is 1. The van der Waals surface area contributed by atoms with Crippen LogP contribution in [0.15, 0.2) is 24.4 Å². The molecule has 2 aromatic rings. The summed E-state index contributed by atoms with van der Waals surface area (Å²) < 4.78 is 4.68. The number of carbonyl (C=O) groups excluding carboxylic acids is 1. The molecule has 8 heteroatoms. The van der Waals surface area contributed by atoms with Crippen LogP contribution in [0.1, 0.15) is 28.0 Å². The highest BCUT2D eigenvalue weighted by Crippen LogP contribution is 2.23. The summed E-state index contributed by atoms with van der Waals surface area (Å²) in [4.78, 5) is 22.1. The molecule has 0 saturated heterocycles. The van der Waals surface area contributed by atoms with E-state index in [4.69, 9.17) is 0 Å². The van der Waals surface area contributed by atoms with Crippen molar-refractivity contribution in [2.24, 2.45) is 0 Å². The fraction of sp³-hybridized carbons (Fsp3) is 0.333. The average molecular weight is 318 g/mol. The van der Waals surface area contributed by atoms with E-state index in [2.05, 4.69) is 20.3 Å². The fourth-order valence-electron chi connectivity index (χ4n) is 2.21. The quantitative estimate of drug-likeness (QED) is 0.351. The molecule has 0 aliphatic rings. The lowest BCUT2D eigenvalue weighted by Gasteiger charge is -2.10. The van der Waals surface area contributed by atoms with Gasteiger partial charge in [-0.2, -0.15) is 5.10 Å². The van der Waals surface area contributed by atoms with Gasteiger partial charge in [0.25, 0.3) is 5.69 Å². The molecule has 0 fully saturated rings. The Balaban J connectivity index is 2.02. The molecule has 0 aliphatic carbocycles.